The summed E-state index contributed by atoms with van der Waals surface area (Å²) in [5.41, 5.74) is 0.348. The molecule has 2 fully saturated rings. The van der Waals surface area contributed by atoms with Crippen molar-refractivity contribution in [3.05, 3.63) is 0 Å². The van der Waals surface area contributed by atoms with Crippen molar-refractivity contribution in [1.29, 1.82) is 0 Å². The molecule has 0 N–H and O–H groups in total. The van der Waals surface area contributed by atoms with Crippen LogP contribution >= 0.6 is 0 Å². The third-order valence-electron chi connectivity index (χ3n) is 2.70. The van der Waals surface area contributed by atoms with Crippen molar-refractivity contribution in [2.75, 3.05) is 19.8 Å². The van der Waals surface area contributed by atoms with E-state index >= 15 is 0 Å². The van der Waals surface area contributed by atoms with Crippen molar-refractivity contribution in [2.24, 2.45) is 11.3 Å². The van der Waals surface area contributed by atoms with Gasteiger partial charge in [0.15, 0.2) is 0 Å². The zero-order valence-electron chi connectivity index (χ0n) is 6.59. The summed E-state index contributed by atoms with van der Waals surface area (Å²) in [7, 11) is 0. The molecule has 0 aliphatic carbocycles. The Hall–Kier alpha value is -0.0800. The lowest BCUT2D eigenvalue weighted by atomic mass is 9.80. The first-order valence-corrected chi connectivity index (χ1v) is 3.89. The summed E-state index contributed by atoms with van der Waals surface area (Å²) in [6, 6.07) is 0. The lowest BCUT2D eigenvalue weighted by molar-refractivity contribution is 0.0542. The second-order valence-electron chi connectivity index (χ2n) is 3.98. The number of hydrogen-bond donors (Lipinski definition) is 0. The van der Waals surface area contributed by atoms with E-state index in [1.54, 1.807) is 0 Å². The van der Waals surface area contributed by atoms with Gasteiger partial charge < -0.3 is 9.47 Å². The summed E-state index contributed by atoms with van der Waals surface area (Å²) in [6.07, 6.45) is 0.398. The minimum absolute atomic E-state index is 0.348. The van der Waals surface area contributed by atoms with Gasteiger partial charge in [-0.3, -0.25) is 0 Å². The van der Waals surface area contributed by atoms with E-state index < -0.39 is 0 Å². The van der Waals surface area contributed by atoms with Crippen LogP contribution in [0.4, 0.5) is 0 Å². The molecule has 2 saturated heterocycles. The van der Waals surface area contributed by atoms with Crippen LogP contribution in [0.15, 0.2) is 0 Å². The first kappa shape index (κ1) is 6.62. The maximum absolute atomic E-state index is 5.57. The molecule has 0 aromatic rings. The number of rotatable bonds is 0. The molecule has 0 radical (unpaired) electrons. The molecule has 2 unspecified atom stereocenters. The quantitative estimate of drug-likeness (QED) is 0.503. The number of fused-ring (bicyclic) bond motifs is 1. The van der Waals surface area contributed by atoms with Crippen molar-refractivity contribution in [1.82, 2.24) is 0 Å². The molecular formula is C8H14O2. The molecule has 0 bridgehead atoms. The van der Waals surface area contributed by atoms with Crippen molar-refractivity contribution >= 4 is 0 Å². The second kappa shape index (κ2) is 1.95. The minimum atomic E-state index is 0.348. The number of ether oxygens (including phenoxy) is 2. The smallest absolute Gasteiger partial charge is 0.0864 e. The molecule has 58 valence electrons. The molecule has 2 nitrogen and oxygen atoms in total. The summed E-state index contributed by atoms with van der Waals surface area (Å²) < 4.78 is 10.9. The van der Waals surface area contributed by atoms with Gasteiger partial charge >= 0.3 is 0 Å². The van der Waals surface area contributed by atoms with Gasteiger partial charge in [0.2, 0.25) is 0 Å². The zero-order valence-corrected chi connectivity index (χ0v) is 6.59. The highest BCUT2D eigenvalue weighted by Gasteiger charge is 2.46. The van der Waals surface area contributed by atoms with E-state index in [4.69, 9.17) is 9.47 Å². The van der Waals surface area contributed by atoms with Crippen LogP contribution in [0, 0.1) is 11.3 Å². The van der Waals surface area contributed by atoms with E-state index in [9.17, 15) is 0 Å². The van der Waals surface area contributed by atoms with Gasteiger partial charge in [-0.15, -0.1) is 0 Å². The van der Waals surface area contributed by atoms with E-state index in [0.717, 1.165) is 19.8 Å². The van der Waals surface area contributed by atoms with Gasteiger partial charge in [-0.05, 0) is 5.41 Å². The molecule has 0 amide bonds. The second-order valence-corrected chi connectivity index (χ2v) is 3.98. The third-order valence-corrected chi connectivity index (χ3v) is 2.70. The van der Waals surface area contributed by atoms with Crippen LogP contribution in [-0.2, 0) is 9.47 Å². The van der Waals surface area contributed by atoms with Crippen molar-refractivity contribution in [3.63, 3.8) is 0 Å². The van der Waals surface area contributed by atoms with Gasteiger partial charge in [0.1, 0.15) is 0 Å². The third kappa shape index (κ3) is 0.789. The molecule has 2 atom stereocenters. The first-order valence-electron chi connectivity index (χ1n) is 3.89. The fraction of sp³-hybridized carbons (Fsp3) is 1.00. The lowest BCUT2D eigenvalue weighted by Crippen LogP contribution is -2.25. The zero-order chi connectivity index (χ0) is 7.19. The van der Waals surface area contributed by atoms with Crippen molar-refractivity contribution < 1.29 is 9.47 Å². The molecule has 2 heterocycles. The van der Waals surface area contributed by atoms with Crippen LogP contribution in [0.5, 0.6) is 0 Å². The maximum atomic E-state index is 5.57. The van der Waals surface area contributed by atoms with Crippen LogP contribution in [-0.4, -0.2) is 25.9 Å². The molecule has 10 heavy (non-hydrogen) atoms. The molecule has 0 saturated carbocycles. The summed E-state index contributed by atoms with van der Waals surface area (Å²) in [5, 5.41) is 0. The molecule has 0 aromatic carbocycles. The van der Waals surface area contributed by atoms with Crippen LogP contribution < -0.4 is 0 Å². The van der Waals surface area contributed by atoms with E-state index in [2.05, 4.69) is 13.8 Å². The Morgan fingerprint density at radius 2 is 2.10 bits per heavy atom. The Morgan fingerprint density at radius 1 is 1.30 bits per heavy atom. The highest BCUT2D eigenvalue weighted by Crippen LogP contribution is 2.40. The summed E-state index contributed by atoms with van der Waals surface area (Å²) in [4.78, 5) is 0. The van der Waals surface area contributed by atoms with E-state index in [0.29, 0.717) is 17.4 Å². The topological polar surface area (TPSA) is 18.5 Å². The molecule has 2 rings (SSSR count). The Morgan fingerprint density at radius 3 is 2.80 bits per heavy atom. The average molecular weight is 142 g/mol. The van der Waals surface area contributed by atoms with Gasteiger partial charge in [0.25, 0.3) is 0 Å². The summed E-state index contributed by atoms with van der Waals surface area (Å²) >= 11 is 0. The normalized spacial score (nSPS) is 43.8. The Kier molecular flexibility index (Phi) is 1.29. The van der Waals surface area contributed by atoms with E-state index in [1.165, 1.54) is 0 Å². The molecule has 2 aliphatic heterocycles. The predicted octanol–water partition coefficient (Wildman–Crippen LogP) is 1.06. The molecule has 0 aromatic heterocycles. The lowest BCUT2D eigenvalue weighted by Gasteiger charge is -2.21. The van der Waals surface area contributed by atoms with Crippen molar-refractivity contribution in [2.45, 2.75) is 20.0 Å². The minimum Gasteiger partial charge on any atom is -0.378 e. The van der Waals surface area contributed by atoms with Gasteiger partial charge in [-0.1, -0.05) is 13.8 Å². The van der Waals surface area contributed by atoms with Crippen LogP contribution in [0.3, 0.4) is 0 Å². The maximum Gasteiger partial charge on any atom is 0.0864 e. The largest absolute Gasteiger partial charge is 0.378 e. The molecule has 2 heteroatoms. The molecular weight excluding hydrogens is 128 g/mol. The van der Waals surface area contributed by atoms with Crippen molar-refractivity contribution in [3.8, 4) is 0 Å². The highest BCUT2D eigenvalue weighted by atomic mass is 16.6. The van der Waals surface area contributed by atoms with Crippen LogP contribution in [0.25, 0.3) is 0 Å². The fourth-order valence-corrected chi connectivity index (χ4v) is 1.86. The van der Waals surface area contributed by atoms with Gasteiger partial charge in [0.05, 0.1) is 25.9 Å². The highest BCUT2D eigenvalue weighted by molar-refractivity contribution is 4.92. The van der Waals surface area contributed by atoms with E-state index in [-0.39, 0.29) is 0 Å². The Bertz CT molecular complexity index is 142. The van der Waals surface area contributed by atoms with Gasteiger partial charge in [-0.2, -0.15) is 0 Å². The Balaban J connectivity index is 2.16. The monoisotopic (exact) mass is 142 g/mol. The summed E-state index contributed by atoms with van der Waals surface area (Å²) in [5.74, 6) is 0.646. The summed E-state index contributed by atoms with van der Waals surface area (Å²) in [6.45, 7) is 7.14. The number of hydrogen-bond acceptors (Lipinski definition) is 2. The molecule has 0 spiro atoms. The van der Waals surface area contributed by atoms with Crippen LogP contribution in [0.1, 0.15) is 13.8 Å². The SMILES string of the molecule is CC1(C)COC2COCC21. The Labute approximate surface area is 61.5 Å². The fourth-order valence-electron chi connectivity index (χ4n) is 1.86. The molecule has 2 aliphatic rings. The average Bonchev–Trinajstić information content (AvgIpc) is 2.36. The standard InChI is InChI=1S/C8H14O2/c1-8(2)5-10-7-4-9-3-6(7)8/h6-7H,3-5H2,1-2H3. The first-order chi connectivity index (χ1) is 4.70. The van der Waals surface area contributed by atoms with Crippen LogP contribution in [0.2, 0.25) is 0 Å². The van der Waals surface area contributed by atoms with E-state index in [1.807, 2.05) is 0 Å². The van der Waals surface area contributed by atoms with Gasteiger partial charge in [-0.25, -0.2) is 0 Å². The predicted molar refractivity (Wildman–Crippen MR) is 37.8 cm³/mol. The van der Waals surface area contributed by atoms with Gasteiger partial charge in [0, 0.05) is 5.92 Å².